The van der Waals surface area contributed by atoms with Crippen LogP contribution in [0.3, 0.4) is 0 Å². The molecule has 2 aromatic heterocycles. The van der Waals surface area contributed by atoms with Crippen LogP contribution in [0.15, 0.2) is 18.5 Å². The standard InChI is InChI=1S/C13H14F3N3O/c14-13(15,16)10-7-17-11-5-12(18-6-9(10)11)19-8-1-3-20-4-2-8/h5-8,17H,1-4H2,(H,18,19). The predicted molar refractivity (Wildman–Crippen MR) is 68.6 cm³/mol. The van der Waals surface area contributed by atoms with Gasteiger partial charge in [-0.05, 0) is 12.8 Å². The second-order valence-electron chi connectivity index (χ2n) is 4.85. The lowest BCUT2D eigenvalue weighted by molar-refractivity contribution is -0.136. The Bertz CT molecular complexity index is 602. The molecular formula is C13H14F3N3O. The van der Waals surface area contributed by atoms with E-state index in [4.69, 9.17) is 4.74 Å². The number of hydrogen-bond donors (Lipinski definition) is 2. The summed E-state index contributed by atoms with van der Waals surface area (Å²) in [6.45, 7) is 1.39. The van der Waals surface area contributed by atoms with E-state index in [2.05, 4.69) is 15.3 Å². The first kappa shape index (κ1) is 13.2. The van der Waals surface area contributed by atoms with Crippen LogP contribution >= 0.6 is 0 Å². The lowest BCUT2D eigenvalue weighted by Gasteiger charge is -2.23. The van der Waals surface area contributed by atoms with Gasteiger partial charge in [0.15, 0.2) is 0 Å². The third kappa shape index (κ3) is 2.58. The van der Waals surface area contributed by atoms with Crippen LogP contribution in [-0.2, 0) is 10.9 Å². The minimum Gasteiger partial charge on any atom is -0.381 e. The average Bonchev–Trinajstić information content (AvgIpc) is 2.83. The van der Waals surface area contributed by atoms with Gasteiger partial charge in [0.2, 0.25) is 0 Å². The molecule has 0 bridgehead atoms. The number of aromatic amines is 1. The van der Waals surface area contributed by atoms with Crippen LogP contribution in [0.4, 0.5) is 19.0 Å². The highest BCUT2D eigenvalue weighted by molar-refractivity contribution is 5.84. The predicted octanol–water partition coefficient (Wildman–Crippen LogP) is 3.17. The van der Waals surface area contributed by atoms with Crippen LogP contribution in [0.1, 0.15) is 18.4 Å². The van der Waals surface area contributed by atoms with E-state index in [1.807, 2.05) is 0 Å². The van der Waals surface area contributed by atoms with Gasteiger partial charge in [0.05, 0.1) is 11.1 Å². The third-order valence-corrected chi connectivity index (χ3v) is 3.44. The molecule has 20 heavy (non-hydrogen) atoms. The monoisotopic (exact) mass is 285 g/mol. The number of nitrogens with zero attached hydrogens (tertiary/aromatic N) is 1. The molecule has 4 nitrogen and oxygen atoms in total. The van der Waals surface area contributed by atoms with Gasteiger partial charge < -0.3 is 15.0 Å². The Kier molecular flexibility index (Phi) is 3.29. The Hall–Kier alpha value is -1.76. The van der Waals surface area contributed by atoms with E-state index >= 15 is 0 Å². The van der Waals surface area contributed by atoms with Crippen molar-refractivity contribution in [1.82, 2.24) is 9.97 Å². The summed E-state index contributed by atoms with van der Waals surface area (Å²) >= 11 is 0. The Labute approximate surface area is 113 Å². The van der Waals surface area contributed by atoms with Crippen molar-refractivity contribution in [2.75, 3.05) is 18.5 Å². The van der Waals surface area contributed by atoms with E-state index in [0.717, 1.165) is 19.0 Å². The van der Waals surface area contributed by atoms with Crippen LogP contribution in [0, 0.1) is 0 Å². The first-order valence-corrected chi connectivity index (χ1v) is 6.42. The molecular weight excluding hydrogens is 271 g/mol. The molecule has 0 saturated carbocycles. The Morgan fingerprint density at radius 2 is 2.05 bits per heavy atom. The molecule has 1 saturated heterocycles. The van der Waals surface area contributed by atoms with Gasteiger partial charge in [-0.2, -0.15) is 13.2 Å². The molecule has 0 amide bonds. The Morgan fingerprint density at radius 3 is 2.75 bits per heavy atom. The van der Waals surface area contributed by atoms with Gasteiger partial charge in [0, 0.05) is 43.1 Å². The van der Waals surface area contributed by atoms with E-state index in [1.165, 1.54) is 6.20 Å². The number of hydrogen-bond acceptors (Lipinski definition) is 3. The van der Waals surface area contributed by atoms with Crippen LogP contribution < -0.4 is 5.32 Å². The van der Waals surface area contributed by atoms with Crippen molar-refractivity contribution in [3.05, 3.63) is 24.0 Å². The second-order valence-corrected chi connectivity index (χ2v) is 4.85. The number of fused-ring (bicyclic) bond motifs is 1. The molecule has 3 heterocycles. The molecule has 0 aliphatic carbocycles. The average molecular weight is 285 g/mol. The number of rotatable bonds is 2. The van der Waals surface area contributed by atoms with E-state index in [0.29, 0.717) is 24.5 Å². The molecule has 108 valence electrons. The topological polar surface area (TPSA) is 49.9 Å². The quantitative estimate of drug-likeness (QED) is 0.891. The third-order valence-electron chi connectivity index (χ3n) is 3.44. The van der Waals surface area contributed by atoms with Crippen molar-refractivity contribution in [1.29, 1.82) is 0 Å². The fraction of sp³-hybridized carbons (Fsp3) is 0.462. The number of ether oxygens (including phenoxy) is 1. The summed E-state index contributed by atoms with van der Waals surface area (Å²) in [5, 5.41) is 3.32. The van der Waals surface area contributed by atoms with Crippen molar-refractivity contribution >= 4 is 16.7 Å². The minimum absolute atomic E-state index is 0.0926. The summed E-state index contributed by atoms with van der Waals surface area (Å²) in [6, 6.07) is 1.87. The van der Waals surface area contributed by atoms with Crippen LogP contribution in [0.5, 0.6) is 0 Å². The van der Waals surface area contributed by atoms with Gasteiger partial charge >= 0.3 is 6.18 Å². The highest BCUT2D eigenvalue weighted by atomic mass is 19.4. The summed E-state index contributed by atoms with van der Waals surface area (Å²) in [4.78, 5) is 6.72. The summed E-state index contributed by atoms with van der Waals surface area (Å²) in [6.07, 6.45) is -0.382. The maximum Gasteiger partial charge on any atom is 0.418 e. The molecule has 7 heteroatoms. The Morgan fingerprint density at radius 1 is 1.30 bits per heavy atom. The van der Waals surface area contributed by atoms with Gasteiger partial charge in [-0.15, -0.1) is 0 Å². The number of nitrogens with one attached hydrogen (secondary N) is 2. The maximum atomic E-state index is 12.7. The fourth-order valence-corrected chi connectivity index (χ4v) is 2.38. The number of H-pyrrole nitrogens is 1. The number of alkyl halides is 3. The minimum atomic E-state index is -4.37. The normalized spacial score (nSPS) is 17.6. The molecule has 0 spiro atoms. The van der Waals surface area contributed by atoms with Crippen molar-refractivity contribution in [3.63, 3.8) is 0 Å². The van der Waals surface area contributed by atoms with E-state index in [9.17, 15) is 13.2 Å². The zero-order chi connectivity index (χ0) is 14.2. The first-order chi connectivity index (χ1) is 9.54. The number of halogens is 3. The molecule has 1 fully saturated rings. The summed E-state index contributed by atoms with van der Waals surface area (Å²) in [5.41, 5.74) is -0.250. The van der Waals surface area contributed by atoms with Gasteiger partial charge in [-0.3, -0.25) is 0 Å². The molecule has 0 radical (unpaired) electrons. The molecule has 1 aliphatic rings. The largest absolute Gasteiger partial charge is 0.418 e. The van der Waals surface area contributed by atoms with E-state index in [-0.39, 0.29) is 11.4 Å². The molecule has 2 aromatic rings. The molecule has 2 N–H and O–H groups in total. The zero-order valence-corrected chi connectivity index (χ0v) is 10.6. The van der Waals surface area contributed by atoms with Crippen LogP contribution in [0.25, 0.3) is 10.9 Å². The first-order valence-electron chi connectivity index (χ1n) is 6.42. The van der Waals surface area contributed by atoms with Gasteiger partial charge in [0.25, 0.3) is 0 Å². The lowest BCUT2D eigenvalue weighted by Crippen LogP contribution is -2.28. The number of anilines is 1. The SMILES string of the molecule is FC(F)(F)c1c[nH]c2cc(NC3CCOCC3)ncc12. The smallest absolute Gasteiger partial charge is 0.381 e. The molecule has 3 rings (SSSR count). The van der Waals surface area contributed by atoms with E-state index < -0.39 is 11.7 Å². The number of pyridine rings is 1. The second kappa shape index (κ2) is 4.97. The van der Waals surface area contributed by atoms with E-state index in [1.54, 1.807) is 6.07 Å². The van der Waals surface area contributed by atoms with Crippen LogP contribution in [0.2, 0.25) is 0 Å². The van der Waals surface area contributed by atoms with Crippen LogP contribution in [-0.4, -0.2) is 29.2 Å². The van der Waals surface area contributed by atoms with Gasteiger partial charge in [-0.25, -0.2) is 4.98 Å². The summed E-state index contributed by atoms with van der Waals surface area (Å²) in [5.74, 6) is 0.583. The molecule has 0 atom stereocenters. The van der Waals surface area contributed by atoms with Crippen molar-refractivity contribution in [2.24, 2.45) is 0 Å². The van der Waals surface area contributed by atoms with Gasteiger partial charge in [0.1, 0.15) is 5.82 Å². The lowest BCUT2D eigenvalue weighted by atomic mass is 10.1. The summed E-state index contributed by atoms with van der Waals surface area (Å²) < 4.78 is 43.5. The highest BCUT2D eigenvalue weighted by Crippen LogP contribution is 2.35. The van der Waals surface area contributed by atoms with Crippen molar-refractivity contribution < 1.29 is 17.9 Å². The Balaban J connectivity index is 1.84. The number of aromatic nitrogens is 2. The zero-order valence-electron chi connectivity index (χ0n) is 10.6. The molecule has 0 unspecified atom stereocenters. The summed E-state index contributed by atoms with van der Waals surface area (Å²) in [7, 11) is 0. The fourth-order valence-electron chi connectivity index (χ4n) is 2.38. The highest BCUT2D eigenvalue weighted by Gasteiger charge is 2.33. The van der Waals surface area contributed by atoms with Crippen molar-refractivity contribution in [2.45, 2.75) is 25.1 Å². The molecule has 0 aromatic carbocycles. The molecule has 1 aliphatic heterocycles. The van der Waals surface area contributed by atoms with Crippen molar-refractivity contribution in [3.8, 4) is 0 Å². The maximum absolute atomic E-state index is 12.7. The van der Waals surface area contributed by atoms with Gasteiger partial charge in [-0.1, -0.05) is 0 Å².